The van der Waals surface area contributed by atoms with Crippen LogP contribution in [-0.2, 0) is 4.79 Å². The quantitative estimate of drug-likeness (QED) is 0.633. The van der Waals surface area contributed by atoms with Crippen LogP contribution in [-0.4, -0.2) is 6.29 Å². The van der Waals surface area contributed by atoms with Crippen molar-refractivity contribution in [3.05, 3.63) is 0 Å². The second-order valence-electron chi connectivity index (χ2n) is 0.498. The monoisotopic (exact) mass is 341 g/mol. The van der Waals surface area contributed by atoms with E-state index in [1.807, 2.05) is 0 Å². The zero-order valence-electron chi connectivity index (χ0n) is 3.62. The molecule has 0 heterocycles. The summed E-state index contributed by atoms with van der Waals surface area (Å²) < 4.78 is 0. The van der Waals surface area contributed by atoms with Crippen molar-refractivity contribution in [3.63, 3.8) is 0 Å². The maximum Gasteiger partial charge on any atom is 0 e. The van der Waals surface area contributed by atoms with Crippen molar-refractivity contribution in [1.82, 2.24) is 0 Å². The first kappa shape index (κ1) is 15.8. The van der Waals surface area contributed by atoms with Gasteiger partial charge in [-0.25, -0.2) is 0 Å². The molecule has 0 spiro atoms. The zero-order valence-corrected chi connectivity index (χ0v) is 10.0. The van der Waals surface area contributed by atoms with Crippen LogP contribution in [0.25, 0.3) is 0 Å². The Balaban J connectivity index is -0.0000000450. The average molecular weight is 346 g/mol. The molecule has 0 aromatic rings. The molecule has 0 aliphatic rings. The Morgan fingerprint density at radius 3 is 1.67 bits per heavy atom. The largest absolute Gasteiger partial charge is 0.542 e. The summed E-state index contributed by atoms with van der Waals surface area (Å²) in [6.07, 6.45) is 2.19. The minimum absolute atomic E-state index is 0. The standard InChI is InChI=1S/C3H5O.2Nd/c1-2-3-4;;/h2H2,1H3;;/q-1;;. The van der Waals surface area contributed by atoms with Crippen LogP contribution >= 0.6 is 0 Å². The van der Waals surface area contributed by atoms with Crippen molar-refractivity contribution >= 4 is 6.29 Å². The van der Waals surface area contributed by atoms with E-state index in [2.05, 4.69) is 0 Å². The second kappa shape index (κ2) is 15.7. The smallest absolute Gasteiger partial charge is 0 e. The van der Waals surface area contributed by atoms with Crippen LogP contribution in [0.5, 0.6) is 0 Å². The van der Waals surface area contributed by atoms with Gasteiger partial charge in [0, 0.05) is 81.7 Å². The number of hydrogen-bond acceptors (Lipinski definition) is 1. The summed E-state index contributed by atoms with van der Waals surface area (Å²) in [6.45, 7) is 1.76. The molecule has 0 aromatic heterocycles. The van der Waals surface area contributed by atoms with E-state index in [4.69, 9.17) is 4.79 Å². The van der Waals surface area contributed by atoms with Gasteiger partial charge in [0.2, 0.25) is 0 Å². The third kappa shape index (κ3) is 16.2. The molecule has 0 rings (SSSR count). The van der Waals surface area contributed by atoms with Crippen LogP contribution in [0.1, 0.15) is 13.3 Å². The Hall–Kier alpha value is 2.37. The summed E-state index contributed by atoms with van der Waals surface area (Å²) in [6, 6.07) is 0. The SMILES string of the molecule is CC[C-]=O.[Nd].[Nd]. The van der Waals surface area contributed by atoms with Gasteiger partial charge in [-0.1, -0.05) is 6.92 Å². The van der Waals surface area contributed by atoms with Gasteiger partial charge in [0.05, 0.1) is 0 Å². The molecule has 6 heavy (non-hydrogen) atoms. The van der Waals surface area contributed by atoms with Gasteiger partial charge in [0.25, 0.3) is 0 Å². The van der Waals surface area contributed by atoms with Gasteiger partial charge in [-0.15, -0.1) is 0 Å². The first-order valence-corrected chi connectivity index (χ1v) is 1.26. The third-order valence-corrected chi connectivity index (χ3v) is 0.144. The predicted molar refractivity (Wildman–Crippen MR) is 16.0 cm³/mol. The maximum atomic E-state index is 9.05. The first-order chi connectivity index (χ1) is 1.91. The van der Waals surface area contributed by atoms with E-state index in [9.17, 15) is 0 Å². The van der Waals surface area contributed by atoms with Crippen LogP contribution in [0.15, 0.2) is 0 Å². The molecule has 0 saturated carbocycles. The molecule has 0 atom stereocenters. The molecule has 3 heteroatoms. The molecule has 1 nitrogen and oxygen atoms in total. The third-order valence-electron chi connectivity index (χ3n) is 0.144. The molecular weight excluding hydrogens is 341 g/mol. The van der Waals surface area contributed by atoms with Gasteiger partial charge < -0.3 is 4.79 Å². The molecular formula is C3H5Nd2O-. The molecule has 0 aliphatic carbocycles. The predicted octanol–water partition coefficient (Wildman–Crippen LogP) is 0.506. The van der Waals surface area contributed by atoms with Crippen LogP contribution in [0.4, 0.5) is 0 Å². The van der Waals surface area contributed by atoms with Crippen molar-refractivity contribution in [1.29, 1.82) is 0 Å². The Bertz CT molecular complexity index is 22.8. The van der Waals surface area contributed by atoms with Crippen LogP contribution < -0.4 is 0 Å². The molecule has 0 bridgehead atoms. The van der Waals surface area contributed by atoms with Crippen molar-refractivity contribution in [2.24, 2.45) is 0 Å². The molecule has 0 aliphatic heterocycles. The van der Waals surface area contributed by atoms with Gasteiger partial charge in [-0.3, -0.25) is 6.29 Å². The van der Waals surface area contributed by atoms with E-state index >= 15 is 0 Å². The van der Waals surface area contributed by atoms with Gasteiger partial charge in [0.1, 0.15) is 0 Å². The van der Waals surface area contributed by atoms with E-state index in [-0.39, 0.29) is 81.7 Å². The summed E-state index contributed by atoms with van der Waals surface area (Å²) in [7, 11) is 0. The van der Waals surface area contributed by atoms with Gasteiger partial charge in [0.15, 0.2) is 0 Å². The molecule has 0 amide bonds. The van der Waals surface area contributed by atoms with Crippen LogP contribution in [0.2, 0.25) is 0 Å². The fraction of sp³-hybridized carbons (Fsp3) is 0.667. The van der Waals surface area contributed by atoms with Crippen LogP contribution in [0.3, 0.4) is 0 Å². The summed E-state index contributed by atoms with van der Waals surface area (Å²) in [4.78, 5) is 9.05. The van der Waals surface area contributed by atoms with E-state index in [0.29, 0.717) is 6.42 Å². The Kier molecular flexibility index (Phi) is 41.1. The van der Waals surface area contributed by atoms with E-state index in [0.717, 1.165) is 0 Å². The number of rotatable bonds is 1. The van der Waals surface area contributed by atoms with Gasteiger partial charge in [-0.05, 0) is 0 Å². The van der Waals surface area contributed by atoms with E-state index < -0.39 is 0 Å². The Labute approximate surface area is 104 Å². The molecule has 32 valence electrons. The number of hydrogen-bond donors (Lipinski definition) is 0. The van der Waals surface area contributed by atoms with Crippen LogP contribution in [0, 0.1) is 81.7 Å². The summed E-state index contributed by atoms with van der Waals surface area (Å²) >= 11 is 0. The van der Waals surface area contributed by atoms with Gasteiger partial charge in [-0.2, -0.15) is 6.42 Å². The summed E-state index contributed by atoms with van der Waals surface area (Å²) in [5.74, 6) is 0. The molecule has 0 unspecified atom stereocenters. The molecule has 0 aromatic carbocycles. The van der Waals surface area contributed by atoms with E-state index in [1.54, 1.807) is 13.2 Å². The summed E-state index contributed by atoms with van der Waals surface area (Å²) in [5.41, 5.74) is 0. The average Bonchev–Trinajstić information content (AvgIpc) is 1.37. The topological polar surface area (TPSA) is 17.1 Å². The number of carbonyl (C=O) groups excluding carboxylic acids is 1. The van der Waals surface area contributed by atoms with Gasteiger partial charge >= 0.3 is 0 Å². The Morgan fingerprint density at radius 1 is 1.50 bits per heavy atom. The van der Waals surface area contributed by atoms with Crippen molar-refractivity contribution in [2.45, 2.75) is 13.3 Å². The fourth-order valence-corrected chi connectivity index (χ4v) is 0. The normalized spacial score (nSPS) is 4.17. The minimum atomic E-state index is 0. The molecule has 0 saturated heterocycles. The molecule has 0 N–H and O–H groups in total. The second-order valence-corrected chi connectivity index (χ2v) is 0.498. The first-order valence-electron chi connectivity index (χ1n) is 1.26. The summed E-state index contributed by atoms with van der Waals surface area (Å²) in [5, 5.41) is 0. The molecule has 0 fully saturated rings. The van der Waals surface area contributed by atoms with E-state index in [1.165, 1.54) is 0 Å². The minimum Gasteiger partial charge on any atom is -0.542 e. The van der Waals surface area contributed by atoms with Crippen molar-refractivity contribution in [3.8, 4) is 0 Å². The zero-order chi connectivity index (χ0) is 3.41. The van der Waals surface area contributed by atoms with Crippen molar-refractivity contribution in [2.75, 3.05) is 0 Å². The maximum absolute atomic E-state index is 9.05. The molecule has 0 radical (unpaired) electrons. The Morgan fingerprint density at radius 2 is 1.67 bits per heavy atom. The fourth-order valence-electron chi connectivity index (χ4n) is 0. The van der Waals surface area contributed by atoms with Crippen molar-refractivity contribution < 1.29 is 86.5 Å².